The van der Waals surface area contributed by atoms with Crippen molar-refractivity contribution in [1.29, 1.82) is 0 Å². The molecule has 122 valence electrons. The first-order chi connectivity index (χ1) is 9.38. The number of aliphatic hydroxyl groups is 2. The summed E-state index contributed by atoms with van der Waals surface area (Å²) in [6.07, 6.45) is -2.47. The standard InChI is InChI=1S/C14H19F5O2/c1-3-12(21,14(17,18)19)13(15,16)11(2,20)10-7-8-4-5-9(10)6-8/h4-5,8-10,20-21H,3,6-7H2,1-2H3. The quantitative estimate of drug-likeness (QED) is 0.617. The maximum atomic E-state index is 14.5. The summed E-state index contributed by atoms with van der Waals surface area (Å²) in [7, 11) is 0. The lowest BCUT2D eigenvalue weighted by atomic mass is 9.70. The molecule has 0 aromatic heterocycles. The Morgan fingerprint density at radius 1 is 1.05 bits per heavy atom. The molecular weight excluding hydrogens is 295 g/mol. The van der Waals surface area contributed by atoms with Crippen LogP contribution in [0.1, 0.15) is 33.1 Å². The van der Waals surface area contributed by atoms with Crippen molar-refractivity contribution in [2.75, 3.05) is 0 Å². The van der Waals surface area contributed by atoms with Crippen LogP contribution in [0.3, 0.4) is 0 Å². The number of halogens is 5. The van der Waals surface area contributed by atoms with Gasteiger partial charge in [0.1, 0.15) is 5.60 Å². The molecule has 5 atom stereocenters. The third-order valence-electron chi connectivity index (χ3n) is 5.14. The monoisotopic (exact) mass is 314 g/mol. The van der Waals surface area contributed by atoms with Gasteiger partial charge in [0.15, 0.2) is 0 Å². The number of rotatable bonds is 4. The number of hydrogen-bond acceptors (Lipinski definition) is 2. The Kier molecular flexibility index (Phi) is 3.69. The van der Waals surface area contributed by atoms with Crippen molar-refractivity contribution >= 4 is 0 Å². The van der Waals surface area contributed by atoms with Crippen LogP contribution < -0.4 is 0 Å². The molecule has 2 nitrogen and oxygen atoms in total. The average molecular weight is 314 g/mol. The summed E-state index contributed by atoms with van der Waals surface area (Å²) in [6, 6.07) is 0. The first-order valence-corrected chi connectivity index (χ1v) is 6.96. The van der Waals surface area contributed by atoms with Gasteiger partial charge in [-0.05, 0) is 38.0 Å². The van der Waals surface area contributed by atoms with E-state index in [1.54, 1.807) is 6.08 Å². The summed E-state index contributed by atoms with van der Waals surface area (Å²) in [5, 5.41) is 19.8. The van der Waals surface area contributed by atoms with E-state index in [1.165, 1.54) is 0 Å². The van der Waals surface area contributed by atoms with Gasteiger partial charge in [0.25, 0.3) is 0 Å². The van der Waals surface area contributed by atoms with Crippen LogP contribution in [0.2, 0.25) is 0 Å². The highest BCUT2D eigenvalue weighted by molar-refractivity contribution is 5.18. The summed E-state index contributed by atoms with van der Waals surface area (Å²) < 4.78 is 67.8. The number of fused-ring (bicyclic) bond motifs is 2. The number of alkyl halides is 5. The normalized spacial score (nSPS) is 34.8. The Morgan fingerprint density at radius 3 is 1.95 bits per heavy atom. The lowest BCUT2D eigenvalue weighted by molar-refractivity contribution is -0.373. The van der Waals surface area contributed by atoms with Gasteiger partial charge in [-0.15, -0.1) is 0 Å². The van der Waals surface area contributed by atoms with E-state index in [1.807, 2.05) is 6.08 Å². The predicted molar refractivity (Wildman–Crippen MR) is 65.7 cm³/mol. The second-order valence-corrected chi connectivity index (χ2v) is 6.32. The average Bonchev–Trinajstić information content (AvgIpc) is 2.98. The van der Waals surface area contributed by atoms with Crippen molar-refractivity contribution < 1.29 is 32.2 Å². The molecule has 0 spiro atoms. The van der Waals surface area contributed by atoms with Gasteiger partial charge >= 0.3 is 12.1 Å². The zero-order valence-corrected chi connectivity index (χ0v) is 11.8. The topological polar surface area (TPSA) is 40.5 Å². The largest absolute Gasteiger partial charge is 0.423 e. The molecule has 0 amide bonds. The zero-order chi connectivity index (χ0) is 16.3. The van der Waals surface area contributed by atoms with Gasteiger partial charge in [0.05, 0.1) is 0 Å². The Bertz CT molecular complexity index is 443. The highest BCUT2D eigenvalue weighted by Crippen LogP contribution is 2.57. The summed E-state index contributed by atoms with van der Waals surface area (Å²) in [5.74, 6) is -6.05. The van der Waals surface area contributed by atoms with Crippen molar-refractivity contribution in [2.45, 2.75) is 56.4 Å². The molecule has 7 heteroatoms. The molecule has 21 heavy (non-hydrogen) atoms. The predicted octanol–water partition coefficient (Wildman–Crippen LogP) is 3.29. The molecule has 2 aliphatic carbocycles. The van der Waals surface area contributed by atoms with Crippen LogP contribution in [0.25, 0.3) is 0 Å². The van der Waals surface area contributed by atoms with Gasteiger partial charge in [0, 0.05) is 5.92 Å². The van der Waals surface area contributed by atoms with Crippen LogP contribution >= 0.6 is 0 Å². The molecule has 2 bridgehead atoms. The molecule has 2 N–H and O–H groups in total. The minimum atomic E-state index is -5.53. The lowest BCUT2D eigenvalue weighted by Gasteiger charge is -2.47. The SMILES string of the molecule is CCC(O)(C(F)(F)F)C(F)(F)C(C)(O)C1CC2C=CC1C2. The molecule has 0 aliphatic heterocycles. The molecule has 0 radical (unpaired) electrons. The molecule has 0 heterocycles. The first-order valence-electron chi connectivity index (χ1n) is 6.96. The van der Waals surface area contributed by atoms with Crippen LogP contribution in [-0.2, 0) is 0 Å². The molecule has 0 saturated heterocycles. The van der Waals surface area contributed by atoms with E-state index < -0.39 is 35.6 Å². The van der Waals surface area contributed by atoms with Gasteiger partial charge in [-0.25, -0.2) is 0 Å². The maximum Gasteiger partial charge on any atom is 0.423 e. The van der Waals surface area contributed by atoms with E-state index in [2.05, 4.69) is 0 Å². The van der Waals surface area contributed by atoms with Crippen LogP contribution in [0, 0.1) is 17.8 Å². The highest BCUT2D eigenvalue weighted by Gasteiger charge is 2.75. The maximum absolute atomic E-state index is 14.5. The van der Waals surface area contributed by atoms with Gasteiger partial charge in [-0.1, -0.05) is 19.1 Å². The van der Waals surface area contributed by atoms with Crippen molar-refractivity contribution in [3.05, 3.63) is 12.2 Å². The van der Waals surface area contributed by atoms with Gasteiger partial charge in [-0.2, -0.15) is 22.0 Å². The lowest BCUT2D eigenvalue weighted by Crippen LogP contribution is -2.69. The van der Waals surface area contributed by atoms with Crippen molar-refractivity contribution in [2.24, 2.45) is 17.8 Å². The van der Waals surface area contributed by atoms with E-state index in [0.29, 0.717) is 13.3 Å². The number of allylic oxidation sites excluding steroid dienone is 2. The first kappa shape index (κ1) is 16.7. The van der Waals surface area contributed by atoms with Crippen LogP contribution in [0.5, 0.6) is 0 Å². The van der Waals surface area contributed by atoms with Crippen molar-refractivity contribution in [3.63, 3.8) is 0 Å². The fourth-order valence-corrected chi connectivity index (χ4v) is 3.68. The Hall–Kier alpha value is -0.690. The molecule has 1 saturated carbocycles. The summed E-state index contributed by atoms with van der Waals surface area (Å²) in [4.78, 5) is 0. The molecule has 2 rings (SSSR count). The Morgan fingerprint density at radius 2 is 1.62 bits per heavy atom. The highest BCUT2D eigenvalue weighted by atomic mass is 19.4. The van der Waals surface area contributed by atoms with E-state index in [0.717, 1.165) is 6.92 Å². The third-order valence-corrected chi connectivity index (χ3v) is 5.14. The molecule has 5 unspecified atom stereocenters. The van der Waals surface area contributed by atoms with E-state index in [9.17, 15) is 32.2 Å². The van der Waals surface area contributed by atoms with Crippen LogP contribution in [-0.4, -0.2) is 33.5 Å². The van der Waals surface area contributed by atoms with Gasteiger partial charge < -0.3 is 10.2 Å². The minimum Gasteiger partial charge on any atom is -0.383 e. The summed E-state index contributed by atoms with van der Waals surface area (Å²) in [5.41, 5.74) is -7.17. The smallest absolute Gasteiger partial charge is 0.383 e. The molecule has 1 fully saturated rings. The fourth-order valence-electron chi connectivity index (χ4n) is 3.68. The minimum absolute atomic E-state index is 0.0166. The molecule has 0 aromatic carbocycles. The Balaban J connectivity index is 2.39. The fraction of sp³-hybridized carbons (Fsp3) is 0.857. The van der Waals surface area contributed by atoms with E-state index >= 15 is 0 Å². The van der Waals surface area contributed by atoms with E-state index in [-0.39, 0.29) is 18.3 Å². The summed E-state index contributed by atoms with van der Waals surface area (Å²) in [6.45, 7) is 1.54. The second kappa shape index (κ2) is 4.65. The summed E-state index contributed by atoms with van der Waals surface area (Å²) >= 11 is 0. The second-order valence-electron chi connectivity index (χ2n) is 6.32. The van der Waals surface area contributed by atoms with Crippen molar-refractivity contribution in [1.82, 2.24) is 0 Å². The third kappa shape index (κ3) is 2.11. The van der Waals surface area contributed by atoms with Gasteiger partial charge in [0.2, 0.25) is 5.60 Å². The number of hydrogen-bond donors (Lipinski definition) is 2. The van der Waals surface area contributed by atoms with E-state index in [4.69, 9.17) is 0 Å². The Labute approximate surface area is 119 Å². The van der Waals surface area contributed by atoms with Crippen molar-refractivity contribution in [3.8, 4) is 0 Å². The van der Waals surface area contributed by atoms with Gasteiger partial charge in [-0.3, -0.25) is 0 Å². The molecular formula is C14H19F5O2. The zero-order valence-electron chi connectivity index (χ0n) is 11.8. The molecule has 0 aromatic rings. The van der Waals surface area contributed by atoms with Crippen LogP contribution in [0.15, 0.2) is 12.2 Å². The van der Waals surface area contributed by atoms with Crippen LogP contribution in [0.4, 0.5) is 22.0 Å². The molecule has 2 aliphatic rings.